The molecule has 63 heavy (non-hydrogen) atoms. The zero-order valence-electron chi connectivity index (χ0n) is 35.7. The Kier molecular flexibility index (Phi) is 21.3. The Morgan fingerprint density at radius 2 is 1.00 bits per heavy atom. The smallest absolute Gasteiger partial charge is 0.407 e. The molecule has 0 saturated carbocycles. The number of alkyl carbamates (subject to hydrolysis) is 1. The van der Waals surface area contributed by atoms with E-state index in [1.54, 1.807) is 26.0 Å². The first-order chi connectivity index (χ1) is 30.5. The van der Waals surface area contributed by atoms with Gasteiger partial charge >= 0.3 is 12.1 Å². The fourth-order valence-electron chi connectivity index (χ4n) is 6.09. The van der Waals surface area contributed by atoms with Gasteiger partial charge in [0.05, 0.1) is 38.5 Å². The first-order valence-corrected chi connectivity index (χ1v) is 20.9. The van der Waals surface area contributed by atoms with Crippen molar-refractivity contribution in [1.82, 2.24) is 26.6 Å². The monoisotopic (exact) mass is 866 g/mol. The highest BCUT2D eigenvalue weighted by Gasteiger charge is 2.33. The van der Waals surface area contributed by atoms with Crippen molar-refractivity contribution in [3.05, 3.63) is 144 Å². The number of nitrogens with one attached hydrogen (secondary N) is 5. The average molecular weight is 867 g/mol. The number of esters is 1. The largest absolute Gasteiger partial charge is 0.459 e. The maximum absolute atomic E-state index is 14.1. The molecule has 0 aliphatic carbocycles. The minimum atomic E-state index is -1.28. The highest BCUT2D eigenvalue weighted by Crippen LogP contribution is 2.12. The van der Waals surface area contributed by atoms with E-state index in [-0.39, 0.29) is 45.9 Å². The zero-order valence-corrected chi connectivity index (χ0v) is 35.7. The Labute approximate surface area is 368 Å². The summed E-state index contributed by atoms with van der Waals surface area (Å²) in [5.74, 6) is -3.52. The van der Waals surface area contributed by atoms with Crippen LogP contribution in [0.1, 0.15) is 55.4 Å². The number of unbranched alkanes of at least 4 members (excludes halogenated alkanes) is 1. The van der Waals surface area contributed by atoms with Crippen LogP contribution in [0.2, 0.25) is 0 Å². The van der Waals surface area contributed by atoms with Crippen LogP contribution in [-0.2, 0) is 69.3 Å². The molecule has 4 aromatic carbocycles. The van der Waals surface area contributed by atoms with Gasteiger partial charge in [-0.1, -0.05) is 121 Å². The van der Waals surface area contributed by atoms with Crippen molar-refractivity contribution >= 4 is 35.7 Å². The molecule has 16 heteroatoms. The van der Waals surface area contributed by atoms with Gasteiger partial charge in [-0.15, -0.1) is 0 Å². The topological polar surface area (TPSA) is 226 Å². The molecule has 5 atom stereocenters. The van der Waals surface area contributed by atoms with Crippen LogP contribution in [0.25, 0.3) is 0 Å². The maximum Gasteiger partial charge on any atom is 0.407 e. The molecule has 5 amide bonds. The maximum atomic E-state index is 14.1. The van der Waals surface area contributed by atoms with Crippen molar-refractivity contribution in [2.75, 3.05) is 19.6 Å². The zero-order chi connectivity index (χ0) is 45.2. The van der Waals surface area contributed by atoms with Gasteiger partial charge in [-0.3, -0.25) is 19.2 Å². The normalized spacial score (nSPS) is 13.2. The number of nitrogens with two attached hydrogens (primary N) is 1. The Morgan fingerprint density at radius 1 is 0.524 bits per heavy atom. The van der Waals surface area contributed by atoms with Crippen LogP contribution < -0.4 is 32.3 Å². The number of rotatable bonds is 26. The molecule has 0 unspecified atom stereocenters. The highest BCUT2D eigenvalue weighted by atomic mass is 16.6. The van der Waals surface area contributed by atoms with E-state index in [9.17, 15) is 28.8 Å². The number of amides is 5. The Bertz CT molecular complexity index is 2010. The van der Waals surface area contributed by atoms with Gasteiger partial charge in [-0.25, -0.2) is 9.59 Å². The number of ether oxygens (including phenoxy) is 4. The molecular formula is C47H58N6O10. The molecule has 0 fully saturated rings. The SMILES string of the molecule is C[C@@H](OCc1ccccc1)[C@H](NC(=O)CN)C(=O)NCC(=O)N[C@@H](CCCCNC(=O)OCc1ccccc1)C(=O)N[C@H](C(=O)OCc1ccccc1)[C@@H](C)OCc1ccccc1. The lowest BCUT2D eigenvalue weighted by atomic mass is 10.1. The summed E-state index contributed by atoms with van der Waals surface area (Å²) < 4.78 is 22.8. The fraction of sp³-hybridized carbons (Fsp3) is 0.362. The minimum Gasteiger partial charge on any atom is -0.459 e. The highest BCUT2D eigenvalue weighted by molar-refractivity contribution is 5.94. The van der Waals surface area contributed by atoms with Crippen LogP contribution in [0.4, 0.5) is 4.79 Å². The van der Waals surface area contributed by atoms with Crippen LogP contribution in [-0.4, -0.2) is 85.7 Å². The van der Waals surface area contributed by atoms with Gasteiger partial charge < -0.3 is 51.3 Å². The van der Waals surface area contributed by atoms with E-state index in [1.165, 1.54) is 0 Å². The third kappa shape index (κ3) is 18.5. The summed E-state index contributed by atoms with van der Waals surface area (Å²) in [5.41, 5.74) is 8.77. The number of hydrogen-bond acceptors (Lipinski definition) is 11. The quantitative estimate of drug-likeness (QED) is 0.0395. The van der Waals surface area contributed by atoms with Crippen LogP contribution in [0.15, 0.2) is 121 Å². The van der Waals surface area contributed by atoms with Crippen molar-refractivity contribution in [2.45, 2.75) is 89.9 Å². The second-order valence-corrected chi connectivity index (χ2v) is 14.7. The molecule has 0 aliphatic heterocycles. The molecule has 7 N–H and O–H groups in total. The summed E-state index contributed by atoms with van der Waals surface area (Å²) in [5, 5.41) is 13.1. The molecule has 16 nitrogen and oxygen atoms in total. The number of carbonyl (C=O) groups is 6. The van der Waals surface area contributed by atoms with Gasteiger partial charge in [0.15, 0.2) is 6.04 Å². The van der Waals surface area contributed by atoms with E-state index in [0.717, 1.165) is 22.3 Å². The van der Waals surface area contributed by atoms with E-state index in [1.807, 2.05) is 109 Å². The molecule has 0 aliphatic rings. The van der Waals surface area contributed by atoms with Crippen molar-refractivity contribution in [3.8, 4) is 0 Å². The molecule has 4 rings (SSSR count). The lowest BCUT2D eigenvalue weighted by Gasteiger charge is -2.27. The second kappa shape index (κ2) is 27.4. The molecule has 0 aromatic heterocycles. The summed E-state index contributed by atoms with van der Waals surface area (Å²) in [6.45, 7) is 2.84. The van der Waals surface area contributed by atoms with Gasteiger partial charge in [0, 0.05) is 6.54 Å². The van der Waals surface area contributed by atoms with Gasteiger partial charge in [0.2, 0.25) is 23.6 Å². The van der Waals surface area contributed by atoms with E-state index >= 15 is 0 Å². The number of carbonyl (C=O) groups excluding carboxylic acids is 6. The third-order valence-electron chi connectivity index (χ3n) is 9.69. The predicted octanol–water partition coefficient (Wildman–Crippen LogP) is 3.57. The van der Waals surface area contributed by atoms with Gasteiger partial charge in [0.25, 0.3) is 0 Å². The molecule has 336 valence electrons. The summed E-state index contributed by atoms with van der Waals surface area (Å²) in [6.07, 6.45) is -1.48. The first-order valence-electron chi connectivity index (χ1n) is 20.9. The summed E-state index contributed by atoms with van der Waals surface area (Å²) in [7, 11) is 0. The molecule has 0 heterocycles. The molecular weight excluding hydrogens is 809 g/mol. The molecule has 0 bridgehead atoms. The van der Waals surface area contributed by atoms with Crippen LogP contribution in [0.5, 0.6) is 0 Å². The average Bonchev–Trinajstić information content (AvgIpc) is 3.31. The fourth-order valence-corrected chi connectivity index (χ4v) is 6.09. The second-order valence-electron chi connectivity index (χ2n) is 14.7. The number of hydrogen-bond donors (Lipinski definition) is 6. The van der Waals surface area contributed by atoms with Crippen molar-refractivity contribution in [1.29, 1.82) is 0 Å². The van der Waals surface area contributed by atoms with Gasteiger partial charge in [-0.2, -0.15) is 0 Å². The number of benzene rings is 4. The standard InChI is InChI=1S/C47H58N6O10/c1-33(60-29-35-17-7-3-8-18-35)42(52-40(54)27-48)45(57)50-28-41(55)51-39(25-15-16-26-49-47(59)63-32-38-23-13-6-14-24-38)44(56)53-43(34(2)61-30-36-19-9-4-10-20-36)46(58)62-31-37-21-11-5-12-22-37/h3-14,17-24,33-34,39,42-43H,15-16,25-32,48H2,1-2H3,(H,49,59)(H,50,57)(H,51,55)(H,52,54)(H,53,56)/t33-,34-,39+,42+,43+/m1/s1. The first kappa shape index (κ1) is 49.0. The summed E-state index contributed by atoms with van der Waals surface area (Å²) in [4.78, 5) is 79.2. The van der Waals surface area contributed by atoms with Crippen molar-refractivity contribution < 1.29 is 47.7 Å². The van der Waals surface area contributed by atoms with Crippen LogP contribution in [0, 0.1) is 0 Å². The molecule has 0 spiro atoms. The van der Waals surface area contributed by atoms with Gasteiger partial charge in [-0.05, 0) is 55.4 Å². The van der Waals surface area contributed by atoms with Crippen LogP contribution in [0.3, 0.4) is 0 Å². The molecule has 4 aromatic rings. The van der Waals surface area contributed by atoms with Crippen LogP contribution >= 0.6 is 0 Å². The van der Waals surface area contributed by atoms with Crippen molar-refractivity contribution in [2.24, 2.45) is 5.73 Å². The van der Waals surface area contributed by atoms with Gasteiger partial charge in [0.1, 0.15) is 25.3 Å². The Balaban J connectivity index is 1.42. The minimum absolute atomic E-state index is 0.0548. The Hall–Kier alpha value is -6.62. The van der Waals surface area contributed by atoms with Crippen molar-refractivity contribution in [3.63, 3.8) is 0 Å². The summed E-state index contributed by atoms with van der Waals surface area (Å²) in [6, 6.07) is 33.1. The lowest BCUT2D eigenvalue weighted by molar-refractivity contribution is -0.154. The Morgan fingerprint density at radius 3 is 1.51 bits per heavy atom. The predicted molar refractivity (Wildman–Crippen MR) is 234 cm³/mol. The van der Waals surface area contributed by atoms with E-state index < -0.39 is 72.6 Å². The lowest BCUT2D eigenvalue weighted by Crippen LogP contribution is -2.57. The van der Waals surface area contributed by atoms with E-state index in [0.29, 0.717) is 12.8 Å². The summed E-state index contributed by atoms with van der Waals surface area (Å²) >= 11 is 0. The molecule has 0 saturated heterocycles. The molecule has 0 radical (unpaired) electrons. The van der Waals surface area contributed by atoms with E-state index in [2.05, 4.69) is 26.6 Å². The third-order valence-corrected chi connectivity index (χ3v) is 9.69. The van der Waals surface area contributed by atoms with E-state index in [4.69, 9.17) is 24.7 Å².